The number of urea groups is 1. The molecule has 4 nitrogen and oxygen atoms in total. The number of nitrogens with one attached hydrogen (secondary N) is 1. The van der Waals surface area contributed by atoms with Crippen LogP contribution >= 0.6 is 0 Å². The number of carbonyl (C=O) groups excluding carboxylic acids is 1. The van der Waals surface area contributed by atoms with Gasteiger partial charge in [-0.1, -0.05) is 12.8 Å². The Bertz CT molecular complexity index is 200. The zero-order chi connectivity index (χ0) is 11.3. The highest BCUT2D eigenvalue weighted by Crippen LogP contribution is 2.17. The van der Waals surface area contributed by atoms with Crippen molar-refractivity contribution in [2.75, 3.05) is 13.1 Å². The molecule has 0 radical (unpaired) electrons. The molecule has 1 fully saturated rings. The van der Waals surface area contributed by atoms with Gasteiger partial charge in [-0.05, 0) is 26.7 Å². The monoisotopic (exact) mass is 213 g/mol. The molecule has 1 aliphatic rings. The number of carbonyl (C=O) groups is 1. The third kappa shape index (κ3) is 3.70. The number of nitrogens with zero attached hydrogens (tertiary/aromatic N) is 1. The normalized spacial score (nSPS) is 17.1. The molecule has 0 saturated heterocycles. The molecule has 2 amide bonds. The molecule has 1 aliphatic carbocycles. The van der Waals surface area contributed by atoms with Crippen molar-refractivity contribution in [3.05, 3.63) is 0 Å². The maximum atomic E-state index is 11.9. The number of rotatable bonds is 4. The summed E-state index contributed by atoms with van der Waals surface area (Å²) in [7, 11) is 0. The molecule has 3 N–H and O–H groups in total. The van der Waals surface area contributed by atoms with Gasteiger partial charge in [-0.25, -0.2) is 4.79 Å². The van der Waals surface area contributed by atoms with Crippen molar-refractivity contribution >= 4 is 6.03 Å². The SMILES string of the molecule is CC(C)N(CCN)C(=O)NC1CCCC1. The van der Waals surface area contributed by atoms with E-state index in [1.165, 1.54) is 12.8 Å². The van der Waals surface area contributed by atoms with Gasteiger partial charge in [0.05, 0.1) is 0 Å². The van der Waals surface area contributed by atoms with Gasteiger partial charge in [0.1, 0.15) is 0 Å². The Labute approximate surface area is 92.2 Å². The third-order valence-electron chi connectivity index (χ3n) is 2.94. The lowest BCUT2D eigenvalue weighted by atomic mass is 10.2. The van der Waals surface area contributed by atoms with Gasteiger partial charge in [-0.2, -0.15) is 0 Å². The Kier molecular flexibility index (Phi) is 4.88. The van der Waals surface area contributed by atoms with Crippen molar-refractivity contribution in [1.29, 1.82) is 0 Å². The second-order valence-electron chi connectivity index (χ2n) is 4.51. The highest BCUT2D eigenvalue weighted by Gasteiger charge is 2.21. The molecular weight excluding hydrogens is 190 g/mol. The maximum absolute atomic E-state index is 11.9. The summed E-state index contributed by atoms with van der Waals surface area (Å²) >= 11 is 0. The molecule has 0 aromatic carbocycles. The predicted molar refractivity (Wildman–Crippen MR) is 61.7 cm³/mol. The van der Waals surface area contributed by atoms with Gasteiger partial charge in [0.2, 0.25) is 0 Å². The average molecular weight is 213 g/mol. The van der Waals surface area contributed by atoms with E-state index in [0.29, 0.717) is 19.1 Å². The fourth-order valence-corrected chi connectivity index (χ4v) is 2.06. The molecule has 0 unspecified atom stereocenters. The van der Waals surface area contributed by atoms with Gasteiger partial charge in [0, 0.05) is 25.2 Å². The summed E-state index contributed by atoms with van der Waals surface area (Å²) in [6.07, 6.45) is 4.73. The molecule has 0 spiro atoms. The molecule has 0 bridgehead atoms. The topological polar surface area (TPSA) is 58.4 Å². The van der Waals surface area contributed by atoms with Crippen LogP contribution in [-0.4, -0.2) is 36.1 Å². The summed E-state index contributed by atoms with van der Waals surface area (Å²) in [4.78, 5) is 13.7. The molecule has 0 heterocycles. The van der Waals surface area contributed by atoms with E-state index >= 15 is 0 Å². The van der Waals surface area contributed by atoms with E-state index in [0.717, 1.165) is 12.8 Å². The first-order valence-corrected chi connectivity index (χ1v) is 5.92. The number of amides is 2. The summed E-state index contributed by atoms with van der Waals surface area (Å²) in [5, 5.41) is 3.08. The highest BCUT2D eigenvalue weighted by molar-refractivity contribution is 5.74. The lowest BCUT2D eigenvalue weighted by Gasteiger charge is -2.28. The molecule has 0 atom stereocenters. The molecule has 1 rings (SSSR count). The fourth-order valence-electron chi connectivity index (χ4n) is 2.06. The van der Waals surface area contributed by atoms with Crippen molar-refractivity contribution in [3.8, 4) is 0 Å². The molecule has 0 aliphatic heterocycles. The lowest BCUT2D eigenvalue weighted by molar-refractivity contribution is 0.181. The Morgan fingerprint density at radius 2 is 2.07 bits per heavy atom. The van der Waals surface area contributed by atoms with Crippen LogP contribution in [0.15, 0.2) is 0 Å². The van der Waals surface area contributed by atoms with E-state index in [4.69, 9.17) is 5.73 Å². The molecule has 0 aromatic heterocycles. The van der Waals surface area contributed by atoms with Gasteiger partial charge < -0.3 is 16.0 Å². The predicted octanol–water partition coefficient (Wildman–Crippen LogP) is 1.31. The second kappa shape index (κ2) is 5.95. The molecular formula is C11H23N3O. The largest absolute Gasteiger partial charge is 0.335 e. The van der Waals surface area contributed by atoms with Crippen LogP contribution in [-0.2, 0) is 0 Å². The van der Waals surface area contributed by atoms with Gasteiger partial charge >= 0.3 is 6.03 Å². The van der Waals surface area contributed by atoms with Gasteiger partial charge in [0.15, 0.2) is 0 Å². The summed E-state index contributed by atoms with van der Waals surface area (Å²) in [5.41, 5.74) is 5.49. The Morgan fingerprint density at radius 1 is 1.47 bits per heavy atom. The van der Waals surface area contributed by atoms with Crippen molar-refractivity contribution in [1.82, 2.24) is 10.2 Å². The average Bonchev–Trinajstić information content (AvgIpc) is 2.65. The van der Waals surface area contributed by atoms with E-state index < -0.39 is 0 Å². The third-order valence-corrected chi connectivity index (χ3v) is 2.94. The first-order chi connectivity index (χ1) is 7.15. The summed E-state index contributed by atoms with van der Waals surface area (Å²) in [5.74, 6) is 0. The Balaban J connectivity index is 2.40. The van der Waals surface area contributed by atoms with Crippen molar-refractivity contribution < 1.29 is 4.79 Å². The smallest absolute Gasteiger partial charge is 0.317 e. The number of hydrogen-bond donors (Lipinski definition) is 2. The van der Waals surface area contributed by atoms with Crippen molar-refractivity contribution in [3.63, 3.8) is 0 Å². The first-order valence-electron chi connectivity index (χ1n) is 5.92. The number of hydrogen-bond acceptors (Lipinski definition) is 2. The standard InChI is InChI=1S/C11H23N3O/c1-9(2)14(8-7-12)11(15)13-10-5-3-4-6-10/h9-10H,3-8,12H2,1-2H3,(H,13,15). The van der Waals surface area contributed by atoms with Crippen molar-refractivity contribution in [2.45, 2.75) is 51.6 Å². The van der Waals surface area contributed by atoms with Crippen molar-refractivity contribution in [2.24, 2.45) is 5.73 Å². The number of nitrogens with two attached hydrogens (primary N) is 1. The van der Waals surface area contributed by atoms with Crippen LogP contribution in [0.2, 0.25) is 0 Å². The molecule has 15 heavy (non-hydrogen) atoms. The summed E-state index contributed by atoms with van der Waals surface area (Å²) < 4.78 is 0. The van der Waals surface area contributed by atoms with Crippen LogP contribution in [0.3, 0.4) is 0 Å². The summed E-state index contributed by atoms with van der Waals surface area (Å²) in [6, 6.07) is 0.647. The minimum Gasteiger partial charge on any atom is -0.335 e. The fraction of sp³-hybridized carbons (Fsp3) is 0.909. The minimum atomic E-state index is 0.0438. The van der Waals surface area contributed by atoms with E-state index in [2.05, 4.69) is 5.32 Å². The van der Waals surface area contributed by atoms with E-state index in [1.54, 1.807) is 4.90 Å². The molecule has 4 heteroatoms. The van der Waals surface area contributed by atoms with E-state index in [9.17, 15) is 4.79 Å². The van der Waals surface area contributed by atoms with Crippen LogP contribution in [0.5, 0.6) is 0 Å². The van der Waals surface area contributed by atoms with Crippen LogP contribution < -0.4 is 11.1 Å². The lowest BCUT2D eigenvalue weighted by Crippen LogP contribution is -2.48. The van der Waals surface area contributed by atoms with Gasteiger partial charge in [0.25, 0.3) is 0 Å². The summed E-state index contributed by atoms with van der Waals surface area (Å²) in [6.45, 7) is 5.19. The molecule has 88 valence electrons. The minimum absolute atomic E-state index is 0.0438. The van der Waals surface area contributed by atoms with E-state index in [1.807, 2.05) is 13.8 Å². The molecule has 0 aromatic rings. The molecule has 1 saturated carbocycles. The van der Waals surface area contributed by atoms with E-state index in [-0.39, 0.29) is 12.1 Å². The van der Waals surface area contributed by atoms with Crippen LogP contribution in [0.25, 0.3) is 0 Å². The highest BCUT2D eigenvalue weighted by atomic mass is 16.2. The van der Waals surface area contributed by atoms with Crippen LogP contribution in [0, 0.1) is 0 Å². The Morgan fingerprint density at radius 3 is 2.53 bits per heavy atom. The maximum Gasteiger partial charge on any atom is 0.317 e. The quantitative estimate of drug-likeness (QED) is 0.739. The zero-order valence-electron chi connectivity index (χ0n) is 9.83. The second-order valence-corrected chi connectivity index (χ2v) is 4.51. The zero-order valence-corrected chi connectivity index (χ0v) is 9.83. The first kappa shape index (κ1) is 12.3. The Hall–Kier alpha value is -0.770. The van der Waals surface area contributed by atoms with Crippen LogP contribution in [0.1, 0.15) is 39.5 Å². The van der Waals surface area contributed by atoms with Gasteiger partial charge in [-0.15, -0.1) is 0 Å². The van der Waals surface area contributed by atoms with Gasteiger partial charge in [-0.3, -0.25) is 0 Å². The van der Waals surface area contributed by atoms with Crippen LogP contribution in [0.4, 0.5) is 4.79 Å².